The molecule has 2 nitrogen and oxygen atoms in total. The molecular weight excluding hydrogens is 240 g/mol. The lowest BCUT2D eigenvalue weighted by Crippen LogP contribution is -2.41. The molecule has 3 heteroatoms. The zero-order valence-corrected chi connectivity index (χ0v) is 12.5. The number of nitrogens with zero attached hydrogens (tertiary/aromatic N) is 1. The minimum atomic E-state index is 0.602. The summed E-state index contributed by atoms with van der Waals surface area (Å²) in [4.78, 5) is 4.05. The Kier molecular flexibility index (Phi) is 5.10. The molecular formula is C15H24N2S. The molecule has 1 aromatic rings. The summed E-state index contributed by atoms with van der Waals surface area (Å²) in [5.41, 5.74) is 1.46. The van der Waals surface area contributed by atoms with Crippen molar-refractivity contribution < 1.29 is 0 Å². The van der Waals surface area contributed by atoms with Crippen LogP contribution in [0, 0.1) is 0 Å². The smallest absolute Gasteiger partial charge is 0.0251 e. The summed E-state index contributed by atoms with van der Waals surface area (Å²) in [6.45, 7) is 7.98. The Bertz CT molecular complexity index is 373. The first-order valence-corrected chi connectivity index (χ1v) is 8.03. The second-order valence-corrected chi connectivity index (χ2v) is 6.07. The van der Waals surface area contributed by atoms with Crippen LogP contribution in [-0.4, -0.2) is 36.3 Å². The zero-order valence-electron chi connectivity index (χ0n) is 11.6. The minimum Gasteiger partial charge on any atom is -0.315 e. The molecule has 2 rings (SSSR count). The van der Waals surface area contributed by atoms with E-state index in [0.29, 0.717) is 12.1 Å². The van der Waals surface area contributed by atoms with Gasteiger partial charge in [-0.05, 0) is 44.7 Å². The first-order valence-electron chi connectivity index (χ1n) is 6.80. The molecule has 0 unspecified atom stereocenters. The van der Waals surface area contributed by atoms with Gasteiger partial charge in [-0.2, -0.15) is 0 Å². The molecule has 100 valence electrons. The summed E-state index contributed by atoms with van der Waals surface area (Å²) in [6.07, 6.45) is 3.44. The summed E-state index contributed by atoms with van der Waals surface area (Å²) in [7, 11) is 0. The van der Waals surface area contributed by atoms with Crippen molar-refractivity contribution in [1.29, 1.82) is 0 Å². The number of rotatable bonds is 5. The maximum Gasteiger partial charge on any atom is 0.0251 e. The first kappa shape index (κ1) is 13.9. The fourth-order valence-electron chi connectivity index (χ4n) is 2.69. The largest absolute Gasteiger partial charge is 0.315 e. The second kappa shape index (κ2) is 6.60. The lowest BCUT2D eigenvalue weighted by Gasteiger charge is -2.32. The third-order valence-corrected chi connectivity index (χ3v) is 4.55. The van der Waals surface area contributed by atoms with E-state index in [4.69, 9.17) is 0 Å². The molecule has 0 bridgehead atoms. The molecule has 0 amide bonds. The first-order chi connectivity index (χ1) is 8.72. The van der Waals surface area contributed by atoms with Gasteiger partial charge in [0.25, 0.3) is 0 Å². The summed E-state index contributed by atoms with van der Waals surface area (Å²) in [5.74, 6) is 0. The molecule has 1 atom stereocenters. The molecule has 0 saturated carbocycles. The predicted octanol–water partition coefficient (Wildman–Crippen LogP) is 2.98. The lowest BCUT2D eigenvalue weighted by atomic mass is 10.1. The van der Waals surface area contributed by atoms with Crippen LogP contribution in [0.15, 0.2) is 29.2 Å². The maximum atomic E-state index is 3.48. The van der Waals surface area contributed by atoms with Gasteiger partial charge in [0.05, 0.1) is 0 Å². The molecule has 1 fully saturated rings. The van der Waals surface area contributed by atoms with Crippen molar-refractivity contribution in [3.8, 4) is 0 Å². The van der Waals surface area contributed by atoms with Gasteiger partial charge >= 0.3 is 0 Å². The van der Waals surface area contributed by atoms with Crippen molar-refractivity contribution in [3.05, 3.63) is 29.8 Å². The Balaban J connectivity index is 2.12. The van der Waals surface area contributed by atoms with Gasteiger partial charge in [0.15, 0.2) is 0 Å². The highest BCUT2D eigenvalue weighted by atomic mass is 32.2. The van der Waals surface area contributed by atoms with Crippen LogP contribution in [0.4, 0.5) is 0 Å². The van der Waals surface area contributed by atoms with Crippen LogP contribution < -0.4 is 5.32 Å². The molecule has 1 aliphatic rings. The molecule has 0 spiro atoms. The van der Waals surface area contributed by atoms with Gasteiger partial charge in [-0.3, -0.25) is 4.90 Å². The number of hydrogen-bond donors (Lipinski definition) is 1. The number of thioether (sulfide) groups is 1. The lowest BCUT2D eigenvalue weighted by molar-refractivity contribution is 0.153. The molecule has 18 heavy (non-hydrogen) atoms. The predicted molar refractivity (Wildman–Crippen MR) is 80.2 cm³/mol. The van der Waals surface area contributed by atoms with Crippen LogP contribution in [-0.2, 0) is 6.54 Å². The van der Waals surface area contributed by atoms with Crippen molar-refractivity contribution >= 4 is 11.8 Å². The summed E-state index contributed by atoms with van der Waals surface area (Å²) in [5, 5.41) is 3.48. The highest BCUT2D eigenvalue weighted by molar-refractivity contribution is 7.98. The number of nitrogens with one attached hydrogen (secondary N) is 1. The highest BCUT2D eigenvalue weighted by Gasteiger charge is 2.24. The van der Waals surface area contributed by atoms with E-state index >= 15 is 0 Å². The van der Waals surface area contributed by atoms with Gasteiger partial charge in [0.1, 0.15) is 0 Å². The third-order valence-electron chi connectivity index (χ3n) is 3.71. The Morgan fingerprint density at radius 3 is 2.78 bits per heavy atom. The SMILES string of the molecule is CSc1ccccc1CN(C(C)C)[C@H]1CCNC1. The molecule has 0 radical (unpaired) electrons. The third kappa shape index (κ3) is 3.28. The monoisotopic (exact) mass is 264 g/mol. The fraction of sp³-hybridized carbons (Fsp3) is 0.600. The van der Waals surface area contributed by atoms with Crippen molar-refractivity contribution in [2.24, 2.45) is 0 Å². The van der Waals surface area contributed by atoms with Crippen molar-refractivity contribution in [2.45, 2.75) is 43.8 Å². The second-order valence-electron chi connectivity index (χ2n) is 5.22. The van der Waals surface area contributed by atoms with E-state index in [1.54, 1.807) is 0 Å². The molecule has 1 heterocycles. The summed E-state index contributed by atoms with van der Waals surface area (Å²) < 4.78 is 0. The normalized spacial score (nSPS) is 19.9. The average molecular weight is 264 g/mol. The van der Waals surface area contributed by atoms with Crippen LogP contribution in [0.5, 0.6) is 0 Å². The fourth-order valence-corrected chi connectivity index (χ4v) is 3.30. The van der Waals surface area contributed by atoms with Gasteiger partial charge in [0.2, 0.25) is 0 Å². The Morgan fingerprint density at radius 1 is 1.39 bits per heavy atom. The molecule has 0 aromatic heterocycles. The van der Waals surface area contributed by atoms with Crippen LogP contribution in [0.25, 0.3) is 0 Å². The van der Waals surface area contributed by atoms with E-state index in [1.165, 1.54) is 16.9 Å². The van der Waals surface area contributed by atoms with E-state index < -0.39 is 0 Å². The molecule has 1 N–H and O–H groups in total. The zero-order chi connectivity index (χ0) is 13.0. The molecule has 0 aliphatic carbocycles. The van der Waals surface area contributed by atoms with Gasteiger partial charge in [-0.15, -0.1) is 11.8 Å². The average Bonchev–Trinajstić information content (AvgIpc) is 2.89. The molecule has 1 aromatic carbocycles. The van der Waals surface area contributed by atoms with Crippen molar-refractivity contribution in [2.75, 3.05) is 19.3 Å². The van der Waals surface area contributed by atoms with Crippen LogP contribution >= 0.6 is 11.8 Å². The van der Waals surface area contributed by atoms with E-state index in [-0.39, 0.29) is 0 Å². The van der Waals surface area contributed by atoms with E-state index in [0.717, 1.165) is 19.6 Å². The van der Waals surface area contributed by atoms with Crippen LogP contribution in [0.3, 0.4) is 0 Å². The van der Waals surface area contributed by atoms with Gasteiger partial charge < -0.3 is 5.32 Å². The van der Waals surface area contributed by atoms with Gasteiger partial charge in [-0.1, -0.05) is 18.2 Å². The Labute approximate surface area is 115 Å². The topological polar surface area (TPSA) is 15.3 Å². The highest BCUT2D eigenvalue weighted by Crippen LogP contribution is 2.24. The summed E-state index contributed by atoms with van der Waals surface area (Å²) in [6, 6.07) is 10.1. The van der Waals surface area contributed by atoms with Gasteiger partial charge in [0, 0.05) is 30.1 Å². The standard InChI is InChI=1S/C15H24N2S/c1-12(2)17(14-8-9-16-10-14)11-13-6-4-5-7-15(13)18-3/h4-7,12,14,16H,8-11H2,1-3H3/t14-/m0/s1. The number of hydrogen-bond acceptors (Lipinski definition) is 3. The van der Waals surface area contributed by atoms with E-state index in [1.807, 2.05) is 11.8 Å². The Morgan fingerprint density at radius 2 is 2.17 bits per heavy atom. The number of benzene rings is 1. The minimum absolute atomic E-state index is 0.602. The maximum absolute atomic E-state index is 3.48. The van der Waals surface area contributed by atoms with Crippen molar-refractivity contribution in [1.82, 2.24) is 10.2 Å². The van der Waals surface area contributed by atoms with E-state index in [9.17, 15) is 0 Å². The van der Waals surface area contributed by atoms with E-state index in [2.05, 4.69) is 54.6 Å². The van der Waals surface area contributed by atoms with Crippen LogP contribution in [0.1, 0.15) is 25.8 Å². The molecule has 1 aliphatic heterocycles. The van der Waals surface area contributed by atoms with Gasteiger partial charge in [-0.25, -0.2) is 0 Å². The summed E-state index contributed by atoms with van der Waals surface area (Å²) >= 11 is 1.85. The quantitative estimate of drug-likeness (QED) is 0.823. The molecule has 1 saturated heterocycles. The Hall–Kier alpha value is -0.510. The van der Waals surface area contributed by atoms with Crippen LogP contribution in [0.2, 0.25) is 0 Å². The van der Waals surface area contributed by atoms with Crippen molar-refractivity contribution in [3.63, 3.8) is 0 Å².